The smallest absolute Gasteiger partial charge is 0.0624 e. The molecule has 1 rings (SSSR count). The second kappa shape index (κ2) is 3.74. The summed E-state index contributed by atoms with van der Waals surface area (Å²) in [6, 6.07) is 1.09. The molecule has 1 fully saturated rings. The predicted octanol–water partition coefficient (Wildman–Crippen LogP) is 3.27. The van der Waals surface area contributed by atoms with Crippen LogP contribution in [0.25, 0.3) is 0 Å². The van der Waals surface area contributed by atoms with Crippen LogP contribution in [0.4, 0.5) is 0 Å². The number of rotatable bonds is 2. The molecule has 0 spiro atoms. The van der Waals surface area contributed by atoms with Crippen molar-refractivity contribution in [3.8, 4) is 0 Å². The van der Waals surface area contributed by atoms with Gasteiger partial charge in [-0.3, -0.25) is 0 Å². The van der Waals surface area contributed by atoms with E-state index in [9.17, 15) is 5.11 Å². The molecule has 1 nitrogen and oxygen atoms in total. The molecule has 0 amide bonds. The van der Waals surface area contributed by atoms with Crippen LogP contribution in [0.3, 0.4) is 0 Å². The van der Waals surface area contributed by atoms with Crippen molar-refractivity contribution in [1.29, 1.82) is 0 Å². The standard InChI is InChI=1S/C11H24OSi/c1-10-5-7-11(12,8-6-10)9-13(2,3)4/h10,12H,5-9H2,1-4H3. The third-order valence-electron chi connectivity index (χ3n) is 3.06. The minimum atomic E-state index is -1.09. The van der Waals surface area contributed by atoms with Crippen molar-refractivity contribution in [3.05, 3.63) is 0 Å². The van der Waals surface area contributed by atoms with Gasteiger partial charge in [-0.1, -0.05) is 26.6 Å². The molecular weight excluding hydrogens is 176 g/mol. The van der Waals surface area contributed by atoms with Crippen molar-refractivity contribution in [1.82, 2.24) is 0 Å². The van der Waals surface area contributed by atoms with Crippen molar-refractivity contribution in [2.75, 3.05) is 0 Å². The van der Waals surface area contributed by atoms with Crippen molar-refractivity contribution < 1.29 is 5.11 Å². The lowest BCUT2D eigenvalue weighted by Crippen LogP contribution is -2.40. The summed E-state index contributed by atoms with van der Waals surface area (Å²) in [5.41, 5.74) is -0.295. The van der Waals surface area contributed by atoms with E-state index in [0.29, 0.717) is 0 Å². The molecule has 0 aromatic heterocycles. The zero-order chi connectivity index (χ0) is 10.1. The Morgan fingerprint density at radius 1 is 1.23 bits per heavy atom. The van der Waals surface area contributed by atoms with Crippen molar-refractivity contribution in [2.45, 2.75) is 63.9 Å². The Balaban J connectivity index is 2.48. The highest BCUT2D eigenvalue weighted by atomic mass is 28.3. The lowest BCUT2D eigenvalue weighted by Gasteiger charge is -2.38. The van der Waals surface area contributed by atoms with Gasteiger partial charge in [0, 0.05) is 8.07 Å². The van der Waals surface area contributed by atoms with Gasteiger partial charge in [-0.05, 0) is 37.6 Å². The number of hydrogen-bond donors (Lipinski definition) is 1. The Bertz CT molecular complexity index is 163. The Kier molecular flexibility index (Phi) is 3.23. The van der Waals surface area contributed by atoms with Gasteiger partial charge in [-0.15, -0.1) is 0 Å². The molecule has 78 valence electrons. The molecule has 2 heteroatoms. The maximum atomic E-state index is 10.4. The van der Waals surface area contributed by atoms with Crippen LogP contribution in [0.15, 0.2) is 0 Å². The van der Waals surface area contributed by atoms with Gasteiger partial charge < -0.3 is 5.11 Å². The van der Waals surface area contributed by atoms with E-state index in [-0.39, 0.29) is 5.60 Å². The maximum absolute atomic E-state index is 10.4. The van der Waals surface area contributed by atoms with E-state index in [4.69, 9.17) is 0 Å². The molecule has 0 saturated heterocycles. The number of hydrogen-bond acceptors (Lipinski definition) is 1. The van der Waals surface area contributed by atoms with Crippen molar-refractivity contribution in [2.24, 2.45) is 5.92 Å². The molecule has 0 atom stereocenters. The molecule has 1 saturated carbocycles. The van der Waals surface area contributed by atoms with E-state index < -0.39 is 8.07 Å². The molecule has 0 bridgehead atoms. The Morgan fingerprint density at radius 3 is 2.08 bits per heavy atom. The number of aliphatic hydroxyl groups is 1. The molecule has 1 aliphatic carbocycles. The summed E-state index contributed by atoms with van der Waals surface area (Å²) in [4.78, 5) is 0. The van der Waals surface area contributed by atoms with Gasteiger partial charge in [0.2, 0.25) is 0 Å². The molecule has 1 aliphatic rings. The second-order valence-corrected chi connectivity index (χ2v) is 11.6. The third kappa shape index (κ3) is 3.82. The van der Waals surface area contributed by atoms with Crippen LogP contribution >= 0.6 is 0 Å². The SMILES string of the molecule is CC1CCC(O)(C[Si](C)(C)C)CC1. The van der Waals surface area contributed by atoms with Crippen LogP contribution < -0.4 is 0 Å². The molecule has 13 heavy (non-hydrogen) atoms. The van der Waals surface area contributed by atoms with E-state index in [2.05, 4.69) is 26.6 Å². The largest absolute Gasteiger partial charge is 0.390 e. The fourth-order valence-corrected chi connectivity index (χ4v) is 4.79. The van der Waals surface area contributed by atoms with Gasteiger partial charge in [0.15, 0.2) is 0 Å². The van der Waals surface area contributed by atoms with Crippen LogP contribution in [0.1, 0.15) is 32.6 Å². The third-order valence-corrected chi connectivity index (χ3v) is 4.78. The van der Waals surface area contributed by atoms with E-state index in [1.54, 1.807) is 0 Å². The Morgan fingerprint density at radius 2 is 1.69 bits per heavy atom. The van der Waals surface area contributed by atoms with E-state index in [1.165, 1.54) is 12.8 Å². The first-order valence-corrected chi connectivity index (χ1v) is 9.24. The average Bonchev–Trinajstić information content (AvgIpc) is 1.92. The molecule has 0 aromatic rings. The topological polar surface area (TPSA) is 20.2 Å². The van der Waals surface area contributed by atoms with Crippen molar-refractivity contribution >= 4 is 8.07 Å². The summed E-state index contributed by atoms with van der Waals surface area (Å²) in [5.74, 6) is 0.835. The molecule has 0 aromatic carbocycles. The maximum Gasteiger partial charge on any atom is 0.0624 e. The van der Waals surface area contributed by atoms with Gasteiger partial charge in [0.05, 0.1) is 5.60 Å². The van der Waals surface area contributed by atoms with E-state index in [0.717, 1.165) is 24.8 Å². The van der Waals surface area contributed by atoms with Crippen LogP contribution in [0, 0.1) is 5.92 Å². The lowest BCUT2D eigenvalue weighted by molar-refractivity contribution is 0.00932. The highest BCUT2D eigenvalue weighted by molar-refractivity contribution is 6.76. The molecule has 0 radical (unpaired) electrons. The van der Waals surface area contributed by atoms with Gasteiger partial charge in [-0.2, -0.15) is 0 Å². The monoisotopic (exact) mass is 200 g/mol. The minimum absolute atomic E-state index is 0.295. The Labute approximate surface area is 83.6 Å². The summed E-state index contributed by atoms with van der Waals surface area (Å²) >= 11 is 0. The lowest BCUT2D eigenvalue weighted by atomic mass is 9.81. The van der Waals surface area contributed by atoms with Crippen LogP contribution in [-0.4, -0.2) is 18.8 Å². The highest BCUT2D eigenvalue weighted by Crippen LogP contribution is 2.37. The molecule has 1 N–H and O–H groups in total. The summed E-state index contributed by atoms with van der Waals surface area (Å²) in [6.07, 6.45) is 4.53. The zero-order valence-electron chi connectivity index (χ0n) is 9.56. The summed E-state index contributed by atoms with van der Waals surface area (Å²) in [7, 11) is -1.09. The first kappa shape index (κ1) is 11.3. The zero-order valence-corrected chi connectivity index (χ0v) is 10.6. The highest BCUT2D eigenvalue weighted by Gasteiger charge is 2.35. The second-order valence-electron chi connectivity index (χ2n) is 6.14. The molecular formula is C11H24OSi. The van der Waals surface area contributed by atoms with Crippen LogP contribution in [0.2, 0.25) is 25.7 Å². The summed E-state index contributed by atoms with van der Waals surface area (Å²) in [6.45, 7) is 9.35. The first-order valence-electron chi connectivity index (χ1n) is 5.53. The predicted molar refractivity (Wildman–Crippen MR) is 60.7 cm³/mol. The van der Waals surface area contributed by atoms with Gasteiger partial charge in [0.1, 0.15) is 0 Å². The molecule has 0 heterocycles. The normalized spacial score (nSPS) is 36.2. The fraction of sp³-hybridized carbons (Fsp3) is 1.00. The Hall–Kier alpha value is 0.177. The molecule has 0 unspecified atom stereocenters. The van der Waals surface area contributed by atoms with Gasteiger partial charge in [0.25, 0.3) is 0 Å². The summed E-state index contributed by atoms with van der Waals surface area (Å²) < 4.78 is 0. The minimum Gasteiger partial charge on any atom is -0.390 e. The summed E-state index contributed by atoms with van der Waals surface area (Å²) in [5, 5.41) is 10.4. The van der Waals surface area contributed by atoms with Crippen LogP contribution in [-0.2, 0) is 0 Å². The quantitative estimate of drug-likeness (QED) is 0.678. The van der Waals surface area contributed by atoms with Crippen molar-refractivity contribution in [3.63, 3.8) is 0 Å². The average molecular weight is 200 g/mol. The van der Waals surface area contributed by atoms with Crippen LogP contribution in [0.5, 0.6) is 0 Å². The van der Waals surface area contributed by atoms with E-state index in [1.807, 2.05) is 0 Å². The van der Waals surface area contributed by atoms with Gasteiger partial charge in [-0.25, -0.2) is 0 Å². The van der Waals surface area contributed by atoms with E-state index >= 15 is 0 Å². The first-order chi connectivity index (χ1) is 5.81. The fourth-order valence-electron chi connectivity index (χ4n) is 2.46. The van der Waals surface area contributed by atoms with Gasteiger partial charge >= 0.3 is 0 Å². The molecule has 0 aliphatic heterocycles.